The van der Waals surface area contributed by atoms with Gasteiger partial charge in [0.25, 0.3) is 5.56 Å². The molecule has 0 radical (unpaired) electrons. The van der Waals surface area contributed by atoms with Crippen molar-refractivity contribution in [2.75, 3.05) is 6.54 Å². The van der Waals surface area contributed by atoms with E-state index in [0.717, 1.165) is 29.1 Å². The zero-order valence-corrected chi connectivity index (χ0v) is 17.1. The van der Waals surface area contributed by atoms with E-state index in [9.17, 15) is 9.59 Å². The predicted octanol–water partition coefficient (Wildman–Crippen LogP) is 3.12. The molecule has 1 amide bonds. The van der Waals surface area contributed by atoms with Crippen molar-refractivity contribution >= 4 is 28.1 Å². The molecule has 0 saturated carbocycles. The van der Waals surface area contributed by atoms with Crippen LogP contribution in [-0.4, -0.2) is 32.4 Å². The van der Waals surface area contributed by atoms with Gasteiger partial charge in [-0.25, -0.2) is 9.97 Å². The maximum Gasteiger partial charge on any atom is 0.258 e. The Morgan fingerprint density at radius 3 is 2.77 bits per heavy atom. The third kappa shape index (κ3) is 4.96. The molecule has 0 atom stereocenters. The van der Waals surface area contributed by atoms with E-state index in [0.29, 0.717) is 29.7 Å². The van der Waals surface area contributed by atoms with Gasteiger partial charge >= 0.3 is 0 Å². The molecule has 3 aromatic heterocycles. The topological polar surface area (TPSA) is 101 Å². The van der Waals surface area contributed by atoms with E-state index >= 15 is 0 Å². The highest BCUT2D eigenvalue weighted by Crippen LogP contribution is 2.21. The number of H-pyrrole nitrogens is 1. The first-order valence-corrected chi connectivity index (χ1v) is 10.7. The van der Waals surface area contributed by atoms with Gasteiger partial charge in [0.1, 0.15) is 5.82 Å². The highest BCUT2D eigenvalue weighted by molar-refractivity contribution is 7.09. The van der Waals surface area contributed by atoms with E-state index in [1.165, 1.54) is 0 Å². The number of pyridine rings is 1. The van der Waals surface area contributed by atoms with Crippen molar-refractivity contribution in [3.8, 4) is 11.3 Å². The van der Waals surface area contributed by atoms with Crippen LogP contribution < -0.4 is 10.9 Å². The Hall–Kier alpha value is -3.39. The van der Waals surface area contributed by atoms with Gasteiger partial charge in [0.15, 0.2) is 0 Å². The van der Waals surface area contributed by atoms with Gasteiger partial charge < -0.3 is 10.3 Å². The Bertz CT molecular complexity index is 1200. The molecule has 152 valence electrons. The summed E-state index contributed by atoms with van der Waals surface area (Å²) < 4.78 is 0. The molecule has 8 heteroatoms. The minimum Gasteiger partial charge on any atom is -0.356 e. The Balaban J connectivity index is 1.21. The number of aromatic amines is 1. The maximum absolute atomic E-state index is 12.1. The summed E-state index contributed by atoms with van der Waals surface area (Å²) in [7, 11) is 0. The summed E-state index contributed by atoms with van der Waals surface area (Å²) in [5.74, 6) is 0.475. The molecule has 0 bridgehead atoms. The number of thiazole rings is 1. The summed E-state index contributed by atoms with van der Waals surface area (Å²) >= 11 is 1.63. The number of amides is 1. The highest BCUT2D eigenvalue weighted by Gasteiger charge is 2.08. The summed E-state index contributed by atoms with van der Waals surface area (Å²) in [6.07, 6.45) is 5.83. The number of nitrogens with one attached hydrogen (secondary N) is 2. The monoisotopic (exact) mass is 419 g/mol. The van der Waals surface area contributed by atoms with Crippen LogP contribution in [0.25, 0.3) is 22.2 Å². The van der Waals surface area contributed by atoms with Gasteiger partial charge in [-0.05, 0) is 30.7 Å². The van der Waals surface area contributed by atoms with Crippen LogP contribution in [0.4, 0.5) is 0 Å². The molecule has 4 aromatic rings. The molecule has 0 aliphatic rings. The molecule has 0 saturated heterocycles. The van der Waals surface area contributed by atoms with Gasteiger partial charge in [0, 0.05) is 49.1 Å². The van der Waals surface area contributed by atoms with Crippen molar-refractivity contribution in [2.24, 2.45) is 0 Å². The maximum atomic E-state index is 12.1. The minimum absolute atomic E-state index is 0.0533. The number of aryl methyl sites for hydroxylation is 2. The lowest BCUT2D eigenvalue weighted by atomic mass is 10.2. The first-order valence-electron chi connectivity index (χ1n) is 9.78. The molecule has 0 fully saturated rings. The van der Waals surface area contributed by atoms with E-state index in [-0.39, 0.29) is 17.9 Å². The number of aromatic nitrogens is 4. The Labute approximate surface area is 177 Å². The van der Waals surface area contributed by atoms with Crippen molar-refractivity contribution in [3.05, 3.63) is 75.4 Å². The molecule has 30 heavy (non-hydrogen) atoms. The first kappa shape index (κ1) is 19.9. The Kier molecular flexibility index (Phi) is 6.24. The van der Waals surface area contributed by atoms with Crippen LogP contribution in [0.2, 0.25) is 0 Å². The number of carbonyl (C=O) groups is 1. The van der Waals surface area contributed by atoms with E-state index in [4.69, 9.17) is 0 Å². The second kappa shape index (κ2) is 9.41. The van der Waals surface area contributed by atoms with Crippen LogP contribution in [0, 0.1) is 0 Å². The van der Waals surface area contributed by atoms with Crippen LogP contribution in [0.15, 0.2) is 59.0 Å². The quantitative estimate of drug-likeness (QED) is 0.427. The van der Waals surface area contributed by atoms with E-state index < -0.39 is 0 Å². The molecule has 0 unspecified atom stereocenters. The standard InChI is InChI=1S/C22H21N5O2S/c28-20(8-7-19-25-17-5-2-1-4-16(17)22(29)27-19)24-11-3-6-21-26-18(14-30-21)15-9-12-23-13-10-15/h1-2,4-5,9-10,12-14H,3,6-8,11H2,(H,24,28)(H,25,27,29). The van der Waals surface area contributed by atoms with Crippen molar-refractivity contribution in [3.63, 3.8) is 0 Å². The molecule has 3 heterocycles. The van der Waals surface area contributed by atoms with Crippen molar-refractivity contribution < 1.29 is 4.79 Å². The number of hydrogen-bond donors (Lipinski definition) is 2. The molecule has 7 nitrogen and oxygen atoms in total. The molecule has 2 N–H and O–H groups in total. The van der Waals surface area contributed by atoms with Gasteiger partial charge in [-0.15, -0.1) is 11.3 Å². The molecular formula is C22H21N5O2S. The molecule has 1 aromatic carbocycles. The average molecular weight is 420 g/mol. The number of carbonyl (C=O) groups excluding carboxylic acids is 1. The Morgan fingerprint density at radius 2 is 1.90 bits per heavy atom. The summed E-state index contributed by atoms with van der Waals surface area (Å²) in [6.45, 7) is 0.588. The van der Waals surface area contributed by atoms with Gasteiger partial charge in [0.2, 0.25) is 5.91 Å². The minimum atomic E-state index is -0.175. The number of para-hydroxylation sites is 1. The molecule has 0 aliphatic carbocycles. The SMILES string of the molecule is O=C(CCc1nc2ccccc2c(=O)[nH]1)NCCCc1nc(-c2ccncc2)cs1. The fraction of sp³-hybridized carbons (Fsp3) is 0.227. The summed E-state index contributed by atoms with van der Waals surface area (Å²) in [6, 6.07) is 11.1. The lowest BCUT2D eigenvalue weighted by molar-refractivity contribution is -0.121. The van der Waals surface area contributed by atoms with E-state index in [2.05, 4.69) is 25.3 Å². The number of fused-ring (bicyclic) bond motifs is 1. The van der Waals surface area contributed by atoms with E-state index in [1.54, 1.807) is 41.9 Å². The van der Waals surface area contributed by atoms with Crippen LogP contribution in [0.1, 0.15) is 23.7 Å². The summed E-state index contributed by atoms with van der Waals surface area (Å²) in [4.78, 5) is 40.0. The number of hydrogen-bond acceptors (Lipinski definition) is 6. The van der Waals surface area contributed by atoms with Crippen LogP contribution in [0.3, 0.4) is 0 Å². The largest absolute Gasteiger partial charge is 0.356 e. The van der Waals surface area contributed by atoms with Crippen LogP contribution >= 0.6 is 11.3 Å². The lowest BCUT2D eigenvalue weighted by Crippen LogP contribution is -2.25. The highest BCUT2D eigenvalue weighted by atomic mass is 32.1. The zero-order chi connectivity index (χ0) is 20.8. The van der Waals surface area contributed by atoms with E-state index in [1.807, 2.05) is 23.6 Å². The second-order valence-corrected chi connectivity index (χ2v) is 7.79. The number of nitrogens with zero attached hydrogens (tertiary/aromatic N) is 3. The lowest BCUT2D eigenvalue weighted by Gasteiger charge is -2.05. The van der Waals surface area contributed by atoms with Crippen molar-refractivity contribution in [2.45, 2.75) is 25.7 Å². The molecule has 0 aliphatic heterocycles. The summed E-state index contributed by atoms with van der Waals surface area (Å²) in [5, 5.41) is 6.57. The van der Waals surface area contributed by atoms with Crippen molar-refractivity contribution in [1.82, 2.24) is 25.3 Å². The average Bonchev–Trinajstić information content (AvgIpc) is 3.25. The fourth-order valence-electron chi connectivity index (χ4n) is 3.12. The number of rotatable bonds is 8. The predicted molar refractivity (Wildman–Crippen MR) is 117 cm³/mol. The summed E-state index contributed by atoms with van der Waals surface area (Å²) in [5.41, 5.74) is 2.48. The smallest absolute Gasteiger partial charge is 0.258 e. The Morgan fingerprint density at radius 1 is 1.07 bits per heavy atom. The number of benzene rings is 1. The fourth-order valence-corrected chi connectivity index (χ4v) is 3.97. The van der Waals surface area contributed by atoms with Gasteiger partial charge in [-0.1, -0.05) is 12.1 Å². The molecule has 4 rings (SSSR count). The zero-order valence-electron chi connectivity index (χ0n) is 16.3. The van der Waals surface area contributed by atoms with Crippen LogP contribution in [-0.2, 0) is 17.6 Å². The first-order chi connectivity index (χ1) is 14.7. The molecule has 0 spiro atoms. The van der Waals surface area contributed by atoms with Crippen molar-refractivity contribution in [1.29, 1.82) is 0 Å². The second-order valence-electron chi connectivity index (χ2n) is 6.85. The normalized spacial score (nSPS) is 10.9. The third-order valence-electron chi connectivity index (χ3n) is 4.67. The molecular weight excluding hydrogens is 398 g/mol. The van der Waals surface area contributed by atoms with Gasteiger partial charge in [0.05, 0.1) is 21.6 Å². The third-order valence-corrected chi connectivity index (χ3v) is 5.58. The van der Waals surface area contributed by atoms with Gasteiger partial charge in [-0.2, -0.15) is 0 Å². The van der Waals surface area contributed by atoms with Crippen LogP contribution in [0.5, 0.6) is 0 Å². The van der Waals surface area contributed by atoms with Gasteiger partial charge in [-0.3, -0.25) is 14.6 Å².